The smallest absolute Gasteiger partial charge is 0.295 e. The van der Waals surface area contributed by atoms with Crippen molar-refractivity contribution in [2.24, 2.45) is 0 Å². The summed E-state index contributed by atoms with van der Waals surface area (Å²) in [6, 6.07) is 3.09. The van der Waals surface area contributed by atoms with Crippen LogP contribution in [0.3, 0.4) is 0 Å². The van der Waals surface area contributed by atoms with Crippen LogP contribution in [0.5, 0.6) is 0 Å². The van der Waals surface area contributed by atoms with Gasteiger partial charge in [0, 0.05) is 11.1 Å². The molecule has 1 nitrogen and oxygen atoms in total. The molecule has 0 amide bonds. The largest absolute Gasteiger partial charge is 0.458 e. The Hall–Kier alpha value is -1.46. The highest BCUT2D eigenvalue weighted by atomic mass is 19.4. The van der Waals surface area contributed by atoms with E-state index in [4.69, 9.17) is 0 Å². The molecule has 0 fully saturated rings. The fourth-order valence-electron chi connectivity index (χ4n) is 1.08. The van der Waals surface area contributed by atoms with Gasteiger partial charge in [0.05, 0.1) is 0 Å². The fraction of sp³-hybridized carbons (Fsp3) is 0.300. The molecule has 0 aliphatic carbocycles. The average molecular weight is 238 g/mol. The van der Waals surface area contributed by atoms with Crippen LogP contribution in [0.25, 0.3) is 0 Å². The van der Waals surface area contributed by atoms with Gasteiger partial charge in [-0.05, 0) is 6.92 Å². The first-order valence-corrected chi connectivity index (χ1v) is 4.22. The van der Waals surface area contributed by atoms with E-state index in [0.29, 0.717) is 12.1 Å². The topological polar surface area (TPSA) is 17.1 Å². The third kappa shape index (κ3) is 2.20. The maximum Gasteiger partial charge on any atom is 0.458 e. The number of rotatable bonds is 2. The molecule has 0 spiro atoms. The second-order valence-corrected chi connectivity index (χ2v) is 3.21. The zero-order chi connectivity index (χ0) is 12.6. The van der Waals surface area contributed by atoms with E-state index >= 15 is 0 Å². The van der Waals surface area contributed by atoms with Crippen molar-refractivity contribution in [3.8, 4) is 0 Å². The molecule has 0 aliphatic heterocycles. The number of hydrogen-bond donors (Lipinski definition) is 0. The van der Waals surface area contributed by atoms with Crippen LogP contribution < -0.4 is 0 Å². The van der Waals surface area contributed by atoms with E-state index in [9.17, 15) is 26.7 Å². The van der Waals surface area contributed by atoms with Crippen molar-refractivity contribution in [2.45, 2.75) is 19.0 Å². The first kappa shape index (κ1) is 12.6. The van der Waals surface area contributed by atoms with Gasteiger partial charge >= 0.3 is 12.1 Å². The monoisotopic (exact) mass is 238 g/mol. The van der Waals surface area contributed by atoms with E-state index in [0.717, 1.165) is 12.1 Å². The molecule has 0 N–H and O–H groups in total. The van der Waals surface area contributed by atoms with Gasteiger partial charge in [0.15, 0.2) is 5.78 Å². The van der Waals surface area contributed by atoms with Crippen LogP contribution in [0.2, 0.25) is 0 Å². The van der Waals surface area contributed by atoms with Gasteiger partial charge in [-0.25, -0.2) is 0 Å². The molecule has 0 saturated heterocycles. The van der Waals surface area contributed by atoms with Crippen molar-refractivity contribution >= 4 is 5.78 Å². The number of benzene rings is 1. The Bertz CT molecular complexity index is 391. The van der Waals surface area contributed by atoms with Crippen molar-refractivity contribution < 1.29 is 26.7 Å². The molecule has 16 heavy (non-hydrogen) atoms. The van der Waals surface area contributed by atoms with E-state index < -0.39 is 23.4 Å². The molecule has 0 atom stereocenters. The minimum absolute atomic E-state index is 0.0849. The third-order valence-electron chi connectivity index (χ3n) is 2.01. The third-order valence-corrected chi connectivity index (χ3v) is 2.01. The number of hydrogen-bond acceptors (Lipinski definition) is 1. The Balaban J connectivity index is 3.11. The number of ketones is 1. The standard InChI is InChI=1S/C10H7F5O/c1-6(16)7-2-4-8(5-3-7)9(11,12)10(13,14)15/h2-5H,1H3. The van der Waals surface area contributed by atoms with Crippen LogP contribution in [-0.4, -0.2) is 12.0 Å². The molecule has 0 heterocycles. The molecule has 0 bridgehead atoms. The molecule has 6 heteroatoms. The quantitative estimate of drug-likeness (QED) is 0.568. The minimum atomic E-state index is -5.63. The lowest BCUT2D eigenvalue weighted by molar-refractivity contribution is -0.289. The molecule has 1 aromatic rings. The zero-order valence-electron chi connectivity index (χ0n) is 8.11. The van der Waals surface area contributed by atoms with Crippen molar-refractivity contribution in [3.63, 3.8) is 0 Å². The van der Waals surface area contributed by atoms with Crippen LogP contribution in [0.4, 0.5) is 22.0 Å². The van der Waals surface area contributed by atoms with Gasteiger partial charge < -0.3 is 0 Å². The highest BCUT2D eigenvalue weighted by Gasteiger charge is 2.58. The summed E-state index contributed by atoms with van der Waals surface area (Å²) in [5.74, 6) is -5.30. The van der Waals surface area contributed by atoms with Gasteiger partial charge in [-0.3, -0.25) is 4.79 Å². The SMILES string of the molecule is CC(=O)c1ccc(C(F)(F)C(F)(F)F)cc1. The lowest BCUT2D eigenvalue weighted by atomic mass is 10.0. The molecule has 1 rings (SSSR count). The van der Waals surface area contributed by atoms with E-state index in [1.807, 2.05) is 0 Å². The second-order valence-electron chi connectivity index (χ2n) is 3.21. The van der Waals surface area contributed by atoms with E-state index in [-0.39, 0.29) is 5.56 Å². The minimum Gasteiger partial charge on any atom is -0.295 e. The Labute approximate surface area is 87.9 Å². The number of carbonyl (C=O) groups is 1. The van der Waals surface area contributed by atoms with Gasteiger partial charge in [-0.15, -0.1) is 0 Å². The Kier molecular flexibility index (Phi) is 3.03. The first-order valence-electron chi connectivity index (χ1n) is 4.22. The highest BCUT2D eigenvalue weighted by molar-refractivity contribution is 5.94. The summed E-state index contributed by atoms with van der Waals surface area (Å²) in [5.41, 5.74) is -1.09. The predicted molar refractivity (Wildman–Crippen MR) is 46.4 cm³/mol. The summed E-state index contributed by atoms with van der Waals surface area (Å²) in [7, 11) is 0. The van der Waals surface area contributed by atoms with Crippen LogP contribution in [0.1, 0.15) is 22.8 Å². The second kappa shape index (κ2) is 3.84. The van der Waals surface area contributed by atoms with Crippen molar-refractivity contribution in [3.05, 3.63) is 35.4 Å². The predicted octanol–water partition coefficient (Wildman–Crippen LogP) is 3.54. The van der Waals surface area contributed by atoms with E-state index in [1.165, 1.54) is 6.92 Å². The molecule has 1 aromatic carbocycles. The highest BCUT2D eigenvalue weighted by Crippen LogP contribution is 2.43. The van der Waals surface area contributed by atoms with Crippen molar-refractivity contribution in [2.75, 3.05) is 0 Å². The van der Waals surface area contributed by atoms with Crippen molar-refractivity contribution in [1.82, 2.24) is 0 Å². The van der Waals surface area contributed by atoms with E-state index in [1.54, 1.807) is 0 Å². The number of carbonyl (C=O) groups excluding carboxylic acids is 1. The first-order chi connectivity index (χ1) is 7.16. The lowest BCUT2D eigenvalue weighted by Gasteiger charge is -2.19. The molecular weight excluding hydrogens is 231 g/mol. The normalized spacial score (nSPS) is 12.6. The Morgan fingerprint density at radius 3 is 1.75 bits per heavy atom. The Morgan fingerprint density at radius 1 is 1.00 bits per heavy atom. The number of alkyl halides is 5. The summed E-state index contributed by atoms with van der Waals surface area (Å²) < 4.78 is 61.5. The van der Waals surface area contributed by atoms with Gasteiger partial charge in [0.2, 0.25) is 0 Å². The van der Waals surface area contributed by atoms with Crippen LogP contribution in [-0.2, 0) is 5.92 Å². The molecule has 0 saturated carbocycles. The lowest BCUT2D eigenvalue weighted by Crippen LogP contribution is -2.33. The number of halogens is 5. The molecule has 0 radical (unpaired) electrons. The summed E-state index contributed by atoms with van der Waals surface area (Å²) in [6.07, 6.45) is -5.63. The van der Waals surface area contributed by atoms with E-state index in [2.05, 4.69) is 0 Å². The molecular formula is C10H7F5O. The van der Waals surface area contributed by atoms with Crippen LogP contribution in [0, 0.1) is 0 Å². The van der Waals surface area contributed by atoms with Gasteiger partial charge in [0.1, 0.15) is 0 Å². The maximum absolute atomic E-state index is 12.8. The molecule has 0 unspecified atom stereocenters. The summed E-state index contributed by atoms with van der Waals surface area (Å²) in [4.78, 5) is 10.8. The maximum atomic E-state index is 12.8. The van der Waals surface area contributed by atoms with Gasteiger partial charge in [0.25, 0.3) is 0 Å². The van der Waals surface area contributed by atoms with Crippen molar-refractivity contribution in [1.29, 1.82) is 0 Å². The number of Topliss-reactive ketones (excluding diaryl/α,β-unsaturated/α-hetero) is 1. The molecule has 88 valence electrons. The Morgan fingerprint density at radius 2 is 1.44 bits per heavy atom. The van der Waals surface area contributed by atoms with Crippen LogP contribution >= 0.6 is 0 Å². The average Bonchev–Trinajstić information content (AvgIpc) is 2.16. The molecule has 0 aliphatic rings. The van der Waals surface area contributed by atoms with Gasteiger partial charge in [-0.1, -0.05) is 24.3 Å². The van der Waals surface area contributed by atoms with Crippen LogP contribution in [0.15, 0.2) is 24.3 Å². The fourth-order valence-corrected chi connectivity index (χ4v) is 1.08. The summed E-state index contributed by atoms with van der Waals surface area (Å²) >= 11 is 0. The zero-order valence-corrected chi connectivity index (χ0v) is 8.11. The van der Waals surface area contributed by atoms with Gasteiger partial charge in [-0.2, -0.15) is 22.0 Å². The molecule has 0 aromatic heterocycles. The summed E-state index contributed by atoms with van der Waals surface area (Å²) in [6.45, 7) is 1.19. The summed E-state index contributed by atoms with van der Waals surface area (Å²) in [5, 5.41) is 0.